The van der Waals surface area contributed by atoms with Gasteiger partial charge in [-0.2, -0.15) is 0 Å². The van der Waals surface area contributed by atoms with Gasteiger partial charge in [-0.15, -0.1) is 0 Å². The summed E-state index contributed by atoms with van der Waals surface area (Å²) in [6, 6.07) is 15.0. The number of alkyl halides is 1. The minimum absolute atomic E-state index is 0.908. The molecule has 0 aliphatic heterocycles. The third-order valence-electron chi connectivity index (χ3n) is 2.59. The first kappa shape index (κ1) is 10.4. The molecule has 0 radical (unpaired) electrons. The van der Waals surface area contributed by atoms with Crippen molar-refractivity contribution in [1.82, 2.24) is 0 Å². The summed E-state index contributed by atoms with van der Waals surface area (Å²) in [7, 11) is 0. The molecule has 0 heterocycles. The number of halogens is 1. The highest BCUT2D eigenvalue weighted by Gasteiger charge is 1.97. The summed E-state index contributed by atoms with van der Waals surface area (Å²) in [5.41, 5.74) is 2.62. The molecule has 0 spiro atoms. The molecule has 0 aromatic heterocycles. The van der Waals surface area contributed by atoms with Crippen molar-refractivity contribution in [2.75, 3.05) is 5.33 Å². The van der Waals surface area contributed by atoms with E-state index in [-0.39, 0.29) is 0 Å². The minimum Gasteiger partial charge on any atom is -0.0883 e. The van der Waals surface area contributed by atoms with Crippen LogP contribution in [-0.4, -0.2) is 5.33 Å². The Kier molecular flexibility index (Phi) is 3.22. The van der Waals surface area contributed by atoms with Gasteiger partial charge in [0.05, 0.1) is 0 Å². The maximum Gasteiger partial charge on any atom is 0.0217 e. The maximum atomic E-state index is 3.42. The molecule has 76 valence electrons. The molecule has 1 heteroatoms. The van der Waals surface area contributed by atoms with E-state index in [0.29, 0.717) is 0 Å². The monoisotopic (exact) mass is 260 g/mol. The van der Waals surface area contributed by atoms with Crippen molar-refractivity contribution >= 4 is 32.3 Å². The van der Waals surface area contributed by atoms with Crippen molar-refractivity contribution in [3.63, 3.8) is 0 Å². The molecule has 2 aromatic rings. The van der Waals surface area contributed by atoms with E-state index in [2.05, 4.69) is 71.4 Å². The summed E-state index contributed by atoms with van der Waals surface area (Å²) in [5.74, 6) is 0. The summed E-state index contributed by atoms with van der Waals surface area (Å²) >= 11 is 3.42. The van der Waals surface area contributed by atoms with Gasteiger partial charge in [-0.25, -0.2) is 0 Å². The summed E-state index contributed by atoms with van der Waals surface area (Å²) < 4.78 is 0. The zero-order valence-electron chi connectivity index (χ0n) is 8.70. The van der Waals surface area contributed by atoms with Crippen LogP contribution in [0, 0.1) is 0 Å². The van der Waals surface area contributed by atoms with E-state index in [1.807, 2.05) is 0 Å². The summed E-state index contributed by atoms with van der Waals surface area (Å²) in [4.78, 5) is 0. The van der Waals surface area contributed by atoms with Gasteiger partial charge in [0.25, 0.3) is 0 Å². The van der Waals surface area contributed by atoms with Gasteiger partial charge in [0, 0.05) is 5.33 Å². The highest BCUT2D eigenvalue weighted by Crippen LogP contribution is 2.20. The minimum atomic E-state index is 0.908. The van der Waals surface area contributed by atoms with E-state index < -0.39 is 0 Å². The standard InChI is InChI=1S/C14H13Br/c1-11(8-9-15)13-7-6-12-4-2-3-5-14(12)10-13/h2-8,10H,9H2,1H3/b11-8+. The van der Waals surface area contributed by atoms with Gasteiger partial charge in [0.15, 0.2) is 0 Å². The lowest BCUT2D eigenvalue weighted by atomic mass is 10.0. The average molecular weight is 261 g/mol. The fourth-order valence-electron chi connectivity index (χ4n) is 1.67. The van der Waals surface area contributed by atoms with Crippen molar-refractivity contribution in [2.45, 2.75) is 6.92 Å². The Hall–Kier alpha value is -1.08. The van der Waals surface area contributed by atoms with Crippen molar-refractivity contribution in [3.8, 4) is 0 Å². The average Bonchev–Trinajstić information content (AvgIpc) is 2.29. The first-order chi connectivity index (χ1) is 7.31. The number of benzene rings is 2. The second-order valence-corrected chi connectivity index (χ2v) is 4.25. The van der Waals surface area contributed by atoms with Crippen LogP contribution in [0.1, 0.15) is 12.5 Å². The first-order valence-corrected chi connectivity index (χ1v) is 6.15. The molecule has 0 bridgehead atoms. The van der Waals surface area contributed by atoms with Crippen LogP contribution in [-0.2, 0) is 0 Å². The van der Waals surface area contributed by atoms with E-state index in [9.17, 15) is 0 Å². The van der Waals surface area contributed by atoms with Crippen LogP contribution in [0.2, 0.25) is 0 Å². The SMILES string of the molecule is C/C(=C\CBr)c1ccc2ccccc2c1. The number of fused-ring (bicyclic) bond motifs is 1. The van der Waals surface area contributed by atoms with E-state index >= 15 is 0 Å². The highest BCUT2D eigenvalue weighted by atomic mass is 79.9. The quantitative estimate of drug-likeness (QED) is 0.691. The van der Waals surface area contributed by atoms with Crippen LogP contribution in [0.3, 0.4) is 0 Å². The molecule has 0 amide bonds. The van der Waals surface area contributed by atoms with Crippen molar-refractivity contribution in [2.24, 2.45) is 0 Å². The van der Waals surface area contributed by atoms with E-state index in [0.717, 1.165) is 5.33 Å². The molecule has 2 rings (SSSR count). The Labute approximate surface area is 98.8 Å². The van der Waals surface area contributed by atoms with Gasteiger partial charge in [0.2, 0.25) is 0 Å². The molecule has 2 aromatic carbocycles. The summed E-state index contributed by atoms with van der Waals surface area (Å²) in [5, 5.41) is 3.51. The lowest BCUT2D eigenvalue weighted by Gasteiger charge is -2.03. The summed E-state index contributed by atoms with van der Waals surface area (Å²) in [6.45, 7) is 2.14. The number of allylic oxidation sites excluding steroid dienone is 2. The van der Waals surface area contributed by atoms with Gasteiger partial charge in [0.1, 0.15) is 0 Å². The van der Waals surface area contributed by atoms with Gasteiger partial charge in [-0.05, 0) is 34.9 Å². The van der Waals surface area contributed by atoms with E-state index in [4.69, 9.17) is 0 Å². The molecule has 0 nitrogen and oxygen atoms in total. The highest BCUT2D eigenvalue weighted by molar-refractivity contribution is 9.09. The number of hydrogen-bond donors (Lipinski definition) is 0. The zero-order valence-corrected chi connectivity index (χ0v) is 10.3. The largest absolute Gasteiger partial charge is 0.0883 e. The molecular weight excluding hydrogens is 248 g/mol. The predicted octanol–water partition coefficient (Wildman–Crippen LogP) is 4.64. The lowest BCUT2D eigenvalue weighted by molar-refractivity contribution is 1.58. The Morgan fingerprint density at radius 3 is 2.60 bits per heavy atom. The maximum absolute atomic E-state index is 3.42. The van der Waals surface area contributed by atoms with Crippen LogP contribution >= 0.6 is 15.9 Å². The normalized spacial score (nSPS) is 12.0. The third-order valence-corrected chi connectivity index (χ3v) is 2.91. The second-order valence-electron chi connectivity index (χ2n) is 3.60. The second kappa shape index (κ2) is 4.63. The topological polar surface area (TPSA) is 0 Å². The zero-order chi connectivity index (χ0) is 10.7. The Morgan fingerprint density at radius 1 is 1.13 bits per heavy atom. The Bertz CT molecular complexity index is 497. The molecule has 0 unspecified atom stereocenters. The third kappa shape index (κ3) is 2.29. The lowest BCUT2D eigenvalue weighted by Crippen LogP contribution is -1.81. The molecule has 0 fully saturated rings. The molecule has 0 saturated heterocycles. The van der Waals surface area contributed by atoms with Crippen LogP contribution in [0.5, 0.6) is 0 Å². The molecule has 0 atom stereocenters. The predicted molar refractivity (Wildman–Crippen MR) is 71.4 cm³/mol. The smallest absolute Gasteiger partial charge is 0.0217 e. The van der Waals surface area contributed by atoms with Crippen molar-refractivity contribution in [3.05, 3.63) is 54.1 Å². The molecular formula is C14H13Br. The molecule has 0 N–H and O–H groups in total. The Morgan fingerprint density at radius 2 is 1.87 bits per heavy atom. The van der Waals surface area contributed by atoms with Crippen LogP contribution in [0.15, 0.2) is 48.5 Å². The molecule has 0 aliphatic rings. The fraction of sp³-hybridized carbons (Fsp3) is 0.143. The van der Waals surface area contributed by atoms with Crippen molar-refractivity contribution < 1.29 is 0 Å². The number of rotatable bonds is 2. The van der Waals surface area contributed by atoms with Gasteiger partial charge in [-0.1, -0.05) is 58.4 Å². The number of hydrogen-bond acceptors (Lipinski definition) is 0. The molecule has 15 heavy (non-hydrogen) atoms. The fourth-order valence-corrected chi connectivity index (χ4v) is 2.15. The van der Waals surface area contributed by atoms with Crippen LogP contribution < -0.4 is 0 Å². The van der Waals surface area contributed by atoms with Gasteiger partial charge < -0.3 is 0 Å². The first-order valence-electron chi connectivity index (χ1n) is 5.03. The van der Waals surface area contributed by atoms with Gasteiger partial charge in [-0.3, -0.25) is 0 Å². The van der Waals surface area contributed by atoms with Gasteiger partial charge >= 0.3 is 0 Å². The van der Waals surface area contributed by atoms with E-state index in [1.54, 1.807) is 0 Å². The van der Waals surface area contributed by atoms with Crippen LogP contribution in [0.4, 0.5) is 0 Å². The van der Waals surface area contributed by atoms with Crippen LogP contribution in [0.25, 0.3) is 16.3 Å². The Balaban J connectivity index is 2.51. The van der Waals surface area contributed by atoms with E-state index in [1.165, 1.54) is 21.9 Å². The molecule has 0 saturated carbocycles. The van der Waals surface area contributed by atoms with Crippen molar-refractivity contribution in [1.29, 1.82) is 0 Å². The molecule has 0 aliphatic carbocycles. The summed E-state index contributed by atoms with van der Waals surface area (Å²) in [6.07, 6.45) is 2.18.